The van der Waals surface area contributed by atoms with E-state index in [2.05, 4.69) is 21.7 Å². The van der Waals surface area contributed by atoms with E-state index in [0.29, 0.717) is 40.9 Å². The molecule has 1 aromatic carbocycles. The third kappa shape index (κ3) is 4.90. The average molecular weight is 483 g/mol. The number of amides is 2. The summed E-state index contributed by atoms with van der Waals surface area (Å²) in [6.45, 7) is 10.9. The predicted molar refractivity (Wildman–Crippen MR) is 133 cm³/mol. The van der Waals surface area contributed by atoms with Crippen LogP contribution in [0, 0.1) is 0 Å². The minimum Gasteiger partial charge on any atom is -0.457 e. The molecule has 9 heteroatoms. The van der Waals surface area contributed by atoms with Gasteiger partial charge in [0.25, 0.3) is 11.8 Å². The highest BCUT2D eigenvalue weighted by Gasteiger charge is 2.37. The van der Waals surface area contributed by atoms with Crippen molar-refractivity contribution >= 4 is 40.8 Å². The standard InChI is InChI=1S/C25H30N4O4S/c1-3-9-26-25(34)28-13-11-27(12-14-28)10-5-4-6-20-17(2)22(30)29(23(20)31)19-7-8-21-18(15-19)16-33-24(21)32/h3,7-8,15H,1,4-6,9-14,16H2,2H3,(H,26,34). The lowest BCUT2D eigenvalue weighted by atomic mass is 10.0. The van der Waals surface area contributed by atoms with Crippen molar-refractivity contribution < 1.29 is 19.1 Å². The fourth-order valence-corrected chi connectivity index (χ4v) is 4.82. The van der Waals surface area contributed by atoms with E-state index in [4.69, 9.17) is 17.0 Å². The fourth-order valence-electron chi connectivity index (χ4n) is 4.56. The molecule has 8 nitrogen and oxygen atoms in total. The fraction of sp³-hybridized carbons (Fsp3) is 0.440. The Morgan fingerprint density at radius 1 is 1.15 bits per heavy atom. The minimum absolute atomic E-state index is 0.170. The molecule has 0 spiro atoms. The molecule has 0 bridgehead atoms. The Morgan fingerprint density at radius 3 is 2.65 bits per heavy atom. The molecular formula is C25H30N4O4S. The van der Waals surface area contributed by atoms with Crippen LogP contribution >= 0.6 is 12.2 Å². The van der Waals surface area contributed by atoms with E-state index in [9.17, 15) is 14.4 Å². The highest BCUT2D eigenvalue weighted by atomic mass is 32.1. The molecule has 0 saturated carbocycles. The van der Waals surface area contributed by atoms with Gasteiger partial charge in [-0.25, -0.2) is 9.69 Å². The molecule has 1 fully saturated rings. The SMILES string of the molecule is C=CCNC(=S)N1CCN(CCCCC2=C(C)C(=O)N(c3ccc4c(c3)COC4=O)C2=O)CC1. The summed E-state index contributed by atoms with van der Waals surface area (Å²) < 4.78 is 5.03. The zero-order valence-electron chi connectivity index (χ0n) is 19.5. The number of nitrogens with zero attached hydrogens (tertiary/aromatic N) is 3. The summed E-state index contributed by atoms with van der Waals surface area (Å²) in [6, 6.07) is 4.95. The maximum atomic E-state index is 13.1. The van der Waals surface area contributed by atoms with Gasteiger partial charge in [-0.1, -0.05) is 6.08 Å². The number of piperazine rings is 1. The molecule has 1 aromatic rings. The predicted octanol–water partition coefficient (Wildman–Crippen LogP) is 2.40. The van der Waals surface area contributed by atoms with Crippen LogP contribution in [0.5, 0.6) is 0 Å². The van der Waals surface area contributed by atoms with Gasteiger partial charge in [-0.15, -0.1) is 6.58 Å². The van der Waals surface area contributed by atoms with E-state index in [0.717, 1.165) is 50.7 Å². The van der Waals surface area contributed by atoms with Crippen molar-refractivity contribution in [3.05, 3.63) is 53.1 Å². The molecule has 0 unspecified atom stereocenters. The van der Waals surface area contributed by atoms with Gasteiger partial charge in [0.2, 0.25) is 0 Å². The van der Waals surface area contributed by atoms with Gasteiger partial charge in [0.05, 0.1) is 11.3 Å². The summed E-state index contributed by atoms with van der Waals surface area (Å²) in [5.41, 5.74) is 2.77. The molecule has 34 heavy (non-hydrogen) atoms. The van der Waals surface area contributed by atoms with Crippen LogP contribution in [-0.2, 0) is 20.9 Å². The van der Waals surface area contributed by atoms with Crippen LogP contribution in [0.15, 0.2) is 42.0 Å². The van der Waals surface area contributed by atoms with Crippen LogP contribution in [0.2, 0.25) is 0 Å². The van der Waals surface area contributed by atoms with Crippen LogP contribution in [0.4, 0.5) is 5.69 Å². The van der Waals surface area contributed by atoms with Gasteiger partial charge in [-0.2, -0.15) is 0 Å². The number of unbranched alkanes of at least 4 members (excludes halogenated alkanes) is 1. The summed E-state index contributed by atoms with van der Waals surface area (Å²) in [6.07, 6.45) is 4.17. The molecule has 4 rings (SSSR count). The first-order chi connectivity index (χ1) is 16.4. The molecule has 180 valence electrons. The molecule has 3 aliphatic rings. The number of cyclic esters (lactones) is 1. The average Bonchev–Trinajstić information content (AvgIpc) is 3.31. The number of esters is 1. The second-order valence-electron chi connectivity index (χ2n) is 8.73. The van der Waals surface area contributed by atoms with E-state index in [1.54, 1.807) is 31.2 Å². The van der Waals surface area contributed by atoms with Gasteiger partial charge in [-0.05, 0) is 63.1 Å². The topological polar surface area (TPSA) is 82.2 Å². The number of benzene rings is 1. The smallest absolute Gasteiger partial charge is 0.338 e. The summed E-state index contributed by atoms with van der Waals surface area (Å²) in [5.74, 6) is -0.923. The molecule has 0 radical (unpaired) electrons. The number of hydrogen-bond acceptors (Lipinski definition) is 6. The lowest BCUT2D eigenvalue weighted by Gasteiger charge is -2.36. The minimum atomic E-state index is -0.371. The number of rotatable bonds is 8. The van der Waals surface area contributed by atoms with E-state index >= 15 is 0 Å². The molecule has 1 saturated heterocycles. The molecule has 2 amide bonds. The van der Waals surface area contributed by atoms with Gasteiger partial charge < -0.3 is 15.0 Å². The first-order valence-corrected chi connectivity index (χ1v) is 12.1. The van der Waals surface area contributed by atoms with Gasteiger partial charge in [-0.3, -0.25) is 14.5 Å². The number of carbonyl (C=O) groups excluding carboxylic acids is 3. The largest absolute Gasteiger partial charge is 0.457 e. The molecule has 1 N–H and O–H groups in total. The number of hydrogen-bond donors (Lipinski definition) is 1. The molecule has 0 atom stereocenters. The zero-order valence-corrected chi connectivity index (χ0v) is 20.3. The van der Waals surface area contributed by atoms with Crippen LogP contribution in [0.3, 0.4) is 0 Å². The highest BCUT2D eigenvalue weighted by molar-refractivity contribution is 7.80. The van der Waals surface area contributed by atoms with Crippen molar-refractivity contribution in [3.63, 3.8) is 0 Å². The Bertz CT molecular complexity index is 1060. The number of fused-ring (bicyclic) bond motifs is 1. The maximum absolute atomic E-state index is 13.1. The first-order valence-electron chi connectivity index (χ1n) is 11.7. The Kier molecular flexibility index (Phi) is 7.43. The second-order valence-corrected chi connectivity index (χ2v) is 9.11. The number of nitrogens with one attached hydrogen (secondary N) is 1. The van der Waals surface area contributed by atoms with Gasteiger partial charge in [0.15, 0.2) is 5.11 Å². The second kappa shape index (κ2) is 10.5. The summed E-state index contributed by atoms with van der Waals surface area (Å²) in [4.78, 5) is 43.4. The summed E-state index contributed by atoms with van der Waals surface area (Å²) >= 11 is 5.41. The van der Waals surface area contributed by atoms with Crippen molar-refractivity contribution in [2.75, 3.05) is 44.2 Å². The third-order valence-corrected chi connectivity index (χ3v) is 6.97. The van der Waals surface area contributed by atoms with E-state index in [1.807, 2.05) is 0 Å². The lowest BCUT2D eigenvalue weighted by Crippen LogP contribution is -2.51. The number of anilines is 1. The lowest BCUT2D eigenvalue weighted by molar-refractivity contribution is -0.120. The van der Waals surface area contributed by atoms with Crippen LogP contribution in [0.25, 0.3) is 0 Å². The van der Waals surface area contributed by atoms with Crippen molar-refractivity contribution in [1.29, 1.82) is 0 Å². The van der Waals surface area contributed by atoms with Crippen LogP contribution < -0.4 is 10.2 Å². The maximum Gasteiger partial charge on any atom is 0.338 e. The number of thiocarbonyl (C=S) groups is 1. The Labute approximate surface area is 205 Å². The third-order valence-electron chi connectivity index (χ3n) is 6.57. The van der Waals surface area contributed by atoms with Gasteiger partial charge in [0.1, 0.15) is 6.61 Å². The molecule has 3 aliphatic heterocycles. The first kappa shape index (κ1) is 24.1. The van der Waals surface area contributed by atoms with E-state index in [-0.39, 0.29) is 24.4 Å². The normalized spacial score (nSPS) is 18.4. The Hall–Kier alpha value is -3.04. The highest BCUT2D eigenvalue weighted by Crippen LogP contribution is 2.32. The van der Waals surface area contributed by atoms with Gasteiger partial charge in [0, 0.05) is 49.4 Å². The number of imide groups is 1. The van der Waals surface area contributed by atoms with Crippen molar-refractivity contribution in [2.24, 2.45) is 0 Å². The van der Waals surface area contributed by atoms with Crippen molar-refractivity contribution in [3.8, 4) is 0 Å². The van der Waals surface area contributed by atoms with Crippen LogP contribution in [-0.4, -0.2) is 72.0 Å². The zero-order chi connectivity index (χ0) is 24.2. The van der Waals surface area contributed by atoms with Gasteiger partial charge >= 0.3 is 5.97 Å². The molecule has 0 aliphatic carbocycles. The summed E-state index contributed by atoms with van der Waals surface area (Å²) in [7, 11) is 0. The molecular weight excluding hydrogens is 452 g/mol. The number of ether oxygens (including phenoxy) is 1. The molecule has 3 heterocycles. The number of carbonyl (C=O) groups is 3. The van der Waals surface area contributed by atoms with E-state index in [1.165, 1.54) is 4.90 Å². The van der Waals surface area contributed by atoms with Crippen molar-refractivity contribution in [2.45, 2.75) is 32.8 Å². The van der Waals surface area contributed by atoms with E-state index < -0.39 is 0 Å². The van der Waals surface area contributed by atoms with Crippen LogP contribution in [0.1, 0.15) is 42.1 Å². The Balaban J connectivity index is 1.25. The quantitative estimate of drug-likeness (QED) is 0.199. The monoisotopic (exact) mass is 482 g/mol. The van der Waals surface area contributed by atoms with Crippen molar-refractivity contribution in [1.82, 2.24) is 15.1 Å². The molecule has 0 aromatic heterocycles. The summed E-state index contributed by atoms with van der Waals surface area (Å²) in [5, 5.41) is 3.95. The Morgan fingerprint density at radius 2 is 1.91 bits per heavy atom.